The van der Waals surface area contributed by atoms with E-state index < -0.39 is 5.97 Å². The molecule has 3 rings (SSSR count). The molecule has 1 aliphatic heterocycles. The highest BCUT2D eigenvalue weighted by Gasteiger charge is 2.23. The molecule has 0 saturated carbocycles. The van der Waals surface area contributed by atoms with Gasteiger partial charge in [-0.2, -0.15) is 0 Å². The topological polar surface area (TPSA) is 64.3 Å². The van der Waals surface area contributed by atoms with Crippen LogP contribution in [0.5, 0.6) is 0 Å². The maximum absolute atomic E-state index is 11.2. The second-order valence-corrected chi connectivity index (χ2v) is 4.12. The summed E-state index contributed by atoms with van der Waals surface area (Å²) in [4.78, 5) is 15.3. The number of hydrogen-bond donors (Lipinski definition) is 1. The number of para-hydroxylation sites is 2. The number of hydrogen-bond acceptors (Lipinski definition) is 3. The third-order valence-corrected chi connectivity index (χ3v) is 3.03. The molecule has 1 aromatic carbocycles. The van der Waals surface area contributed by atoms with Crippen LogP contribution in [0.15, 0.2) is 24.3 Å². The van der Waals surface area contributed by atoms with E-state index >= 15 is 0 Å². The molecule has 17 heavy (non-hydrogen) atoms. The second kappa shape index (κ2) is 3.85. The number of benzene rings is 1. The molecule has 5 nitrogen and oxygen atoms in total. The highest BCUT2D eigenvalue weighted by atomic mass is 16.5. The van der Waals surface area contributed by atoms with Gasteiger partial charge in [-0.25, -0.2) is 9.78 Å². The fourth-order valence-corrected chi connectivity index (χ4v) is 2.06. The summed E-state index contributed by atoms with van der Waals surface area (Å²) in [7, 11) is 0. The fourth-order valence-electron chi connectivity index (χ4n) is 2.06. The number of aromatic carboxylic acids is 1. The lowest BCUT2D eigenvalue weighted by Gasteiger charge is -2.27. The number of imidazole rings is 1. The predicted octanol–water partition coefficient (Wildman–Crippen LogP) is 1.52. The summed E-state index contributed by atoms with van der Waals surface area (Å²) in [6.45, 7) is 1.32. The van der Waals surface area contributed by atoms with Crippen molar-refractivity contribution in [2.24, 2.45) is 0 Å². The number of aromatic nitrogens is 2. The number of rotatable bonds is 3. The largest absolute Gasteiger partial charge is 0.475 e. The Morgan fingerprint density at radius 1 is 1.53 bits per heavy atom. The Kier molecular flexibility index (Phi) is 2.33. The Balaban J connectivity index is 2.10. The van der Waals surface area contributed by atoms with Crippen molar-refractivity contribution >= 4 is 17.0 Å². The number of carbonyl (C=O) groups is 1. The van der Waals surface area contributed by atoms with Gasteiger partial charge in [-0.15, -0.1) is 0 Å². The van der Waals surface area contributed by atoms with Crippen molar-refractivity contribution in [3.8, 4) is 0 Å². The zero-order chi connectivity index (χ0) is 11.8. The zero-order valence-corrected chi connectivity index (χ0v) is 9.17. The van der Waals surface area contributed by atoms with E-state index in [9.17, 15) is 4.79 Å². The van der Waals surface area contributed by atoms with E-state index in [2.05, 4.69) is 4.98 Å². The Labute approximate surface area is 97.6 Å². The smallest absolute Gasteiger partial charge is 0.372 e. The minimum Gasteiger partial charge on any atom is -0.475 e. The van der Waals surface area contributed by atoms with Gasteiger partial charge in [0.05, 0.1) is 23.7 Å². The molecule has 2 heterocycles. The van der Waals surface area contributed by atoms with Crippen LogP contribution in [-0.4, -0.2) is 33.3 Å². The number of ether oxygens (including phenoxy) is 1. The number of carboxylic acids is 1. The molecular formula is C12H12N2O3. The van der Waals surface area contributed by atoms with E-state index in [1.54, 1.807) is 4.57 Å². The van der Waals surface area contributed by atoms with E-state index in [1.165, 1.54) is 0 Å². The van der Waals surface area contributed by atoms with Crippen LogP contribution in [0.4, 0.5) is 0 Å². The number of carboxylic acid groups (broad SMARTS) is 1. The van der Waals surface area contributed by atoms with Crippen molar-refractivity contribution in [2.45, 2.75) is 19.1 Å². The van der Waals surface area contributed by atoms with E-state index in [-0.39, 0.29) is 11.9 Å². The molecule has 1 N–H and O–H groups in total. The summed E-state index contributed by atoms with van der Waals surface area (Å²) in [6, 6.07) is 7.44. The maximum Gasteiger partial charge on any atom is 0.372 e. The average Bonchev–Trinajstić information content (AvgIpc) is 2.62. The van der Waals surface area contributed by atoms with Crippen LogP contribution in [0.25, 0.3) is 11.0 Å². The highest BCUT2D eigenvalue weighted by Crippen LogP contribution is 2.20. The highest BCUT2D eigenvalue weighted by molar-refractivity contribution is 5.89. The van der Waals surface area contributed by atoms with E-state index in [4.69, 9.17) is 9.84 Å². The van der Waals surface area contributed by atoms with Crippen LogP contribution in [0, 0.1) is 0 Å². The molecule has 88 valence electrons. The molecule has 0 spiro atoms. The van der Waals surface area contributed by atoms with Gasteiger partial charge in [-0.05, 0) is 18.6 Å². The summed E-state index contributed by atoms with van der Waals surface area (Å²) < 4.78 is 7.07. The van der Waals surface area contributed by atoms with Crippen LogP contribution in [0.3, 0.4) is 0 Å². The van der Waals surface area contributed by atoms with Crippen molar-refractivity contribution in [3.63, 3.8) is 0 Å². The van der Waals surface area contributed by atoms with Crippen LogP contribution >= 0.6 is 0 Å². The fraction of sp³-hybridized carbons (Fsp3) is 0.333. The molecule has 0 bridgehead atoms. The Morgan fingerprint density at radius 3 is 2.94 bits per heavy atom. The Bertz CT molecular complexity index is 572. The average molecular weight is 232 g/mol. The van der Waals surface area contributed by atoms with Crippen LogP contribution in [0.2, 0.25) is 0 Å². The minimum absolute atomic E-state index is 0.0849. The third kappa shape index (κ3) is 1.68. The molecular weight excluding hydrogens is 220 g/mol. The number of nitrogens with zero attached hydrogens (tertiary/aromatic N) is 2. The summed E-state index contributed by atoms with van der Waals surface area (Å²) >= 11 is 0. The van der Waals surface area contributed by atoms with Crippen molar-refractivity contribution in [2.75, 3.05) is 6.61 Å². The quantitative estimate of drug-likeness (QED) is 0.871. The summed E-state index contributed by atoms with van der Waals surface area (Å²) in [5.74, 6) is -0.915. The van der Waals surface area contributed by atoms with Gasteiger partial charge in [-0.1, -0.05) is 12.1 Å². The summed E-state index contributed by atoms with van der Waals surface area (Å²) in [5.41, 5.74) is 1.56. The molecule has 0 aliphatic carbocycles. The lowest BCUT2D eigenvalue weighted by molar-refractivity contribution is -0.0589. The summed E-state index contributed by atoms with van der Waals surface area (Å²) in [6.07, 6.45) is 1.09. The molecule has 0 unspecified atom stereocenters. The third-order valence-electron chi connectivity index (χ3n) is 3.03. The molecule has 1 aliphatic rings. The van der Waals surface area contributed by atoms with Gasteiger partial charge in [0.25, 0.3) is 0 Å². The van der Waals surface area contributed by atoms with E-state index in [0.29, 0.717) is 12.1 Å². The van der Waals surface area contributed by atoms with E-state index in [1.807, 2.05) is 24.3 Å². The molecule has 1 fully saturated rings. The van der Waals surface area contributed by atoms with Gasteiger partial charge >= 0.3 is 5.97 Å². The number of fused-ring (bicyclic) bond motifs is 1. The Morgan fingerprint density at radius 2 is 2.29 bits per heavy atom. The molecule has 1 saturated heterocycles. The molecule has 0 amide bonds. The van der Waals surface area contributed by atoms with Crippen LogP contribution in [0.1, 0.15) is 17.0 Å². The SMILES string of the molecule is O=C(O)c1nc2ccccc2n1C[C@@H]1CCO1. The molecule has 5 heteroatoms. The molecule has 1 aromatic heterocycles. The van der Waals surface area contributed by atoms with Gasteiger partial charge < -0.3 is 14.4 Å². The predicted molar refractivity (Wildman–Crippen MR) is 61.0 cm³/mol. The maximum atomic E-state index is 11.2. The van der Waals surface area contributed by atoms with Crippen molar-refractivity contribution in [3.05, 3.63) is 30.1 Å². The van der Waals surface area contributed by atoms with Crippen molar-refractivity contribution in [1.29, 1.82) is 0 Å². The lowest BCUT2D eigenvalue weighted by Crippen LogP contribution is -2.32. The summed E-state index contributed by atoms with van der Waals surface area (Å²) in [5, 5.41) is 9.15. The van der Waals surface area contributed by atoms with E-state index in [0.717, 1.165) is 18.5 Å². The van der Waals surface area contributed by atoms with Gasteiger partial charge in [0.15, 0.2) is 0 Å². The van der Waals surface area contributed by atoms with Gasteiger partial charge in [-0.3, -0.25) is 0 Å². The first kappa shape index (κ1) is 10.3. The van der Waals surface area contributed by atoms with Crippen LogP contribution in [-0.2, 0) is 11.3 Å². The second-order valence-electron chi connectivity index (χ2n) is 4.12. The van der Waals surface area contributed by atoms with Crippen molar-refractivity contribution < 1.29 is 14.6 Å². The normalized spacial score (nSPS) is 19.2. The van der Waals surface area contributed by atoms with Crippen LogP contribution < -0.4 is 0 Å². The van der Waals surface area contributed by atoms with Gasteiger partial charge in [0.2, 0.25) is 5.82 Å². The minimum atomic E-state index is -1.000. The molecule has 1 atom stereocenters. The Hall–Kier alpha value is -1.88. The monoisotopic (exact) mass is 232 g/mol. The first-order valence-corrected chi connectivity index (χ1v) is 5.56. The first-order chi connectivity index (χ1) is 8.25. The van der Waals surface area contributed by atoms with Gasteiger partial charge in [0.1, 0.15) is 0 Å². The van der Waals surface area contributed by atoms with Gasteiger partial charge in [0, 0.05) is 6.61 Å². The molecule has 2 aromatic rings. The standard InChI is InChI=1S/C12H12N2O3/c15-12(16)11-13-9-3-1-2-4-10(9)14(11)7-8-5-6-17-8/h1-4,8H,5-7H2,(H,15,16)/t8-/m0/s1. The van der Waals surface area contributed by atoms with Crippen molar-refractivity contribution in [1.82, 2.24) is 9.55 Å². The zero-order valence-electron chi connectivity index (χ0n) is 9.17. The molecule has 0 radical (unpaired) electrons. The lowest BCUT2D eigenvalue weighted by atomic mass is 10.2. The first-order valence-electron chi connectivity index (χ1n) is 5.56.